The van der Waals surface area contributed by atoms with E-state index in [-0.39, 0.29) is 12.0 Å². The summed E-state index contributed by atoms with van der Waals surface area (Å²) in [6.45, 7) is 0. The van der Waals surface area contributed by atoms with Crippen molar-refractivity contribution in [2.24, 2.45) is 0 Å². The van der Waals surface area contributed by atoms with E-state index in [1.54, 1.807) is 24.3 Å². The van der Waals surface area contributed by atoms with Crippen LogP contribution >= 0.6 is 11.6 Å². The normalized spacial score (nSPS) is 10.0. The van der Waals surface area contributed by atoms with E-state index in [2.05, 4.69) is 20.3 Å². The van der Waals surface area contributed by atoms with E-state index in [1.807, 2.05) is 0 Å². The minimum absolute atomic E-state index is 0.0910. The Kier molecular flexibility index (Phi) is 3.24. The highest BCUT2D eigenvalue weighted by Gasteiger charge is 2.04. The fourth-order valence-corrected chi connectivity index (χ4v) is 1.31. The molecule has 2 aromatic rings. The van der Waals surface area contributed by atoms with Crippen molar-refractivity contribution >= 4 is 29.2 Å². The number of nitrogens with two attached hydrogens (primary N) is 1. The Morgan fingerprint density at radius 1 is 1.18 bits per heavy atom. The second-order valence-electron chi connectivity index (χ2n) is 3.14. The van der Waals surface area contributed by atoms with E-state index in [9.17, 15) is 0 Å². The first-order chi connectivity index (χ1) is 8.17. The smallest absolute Gasteiger partial charge is 0.322 e. The number of ether oxygens (including phenoxy) is 1. The summed E-state index contributed by atoms with van der Waals surface area (Å²) in [6.07, 6.45) is 0. The van der Waals surface area contributed by atoms with Gasteiger partial charge < -0.3 is 15.8 Å². The number of nitrogens with zero attached hydrogens (tertiary/aromatic N) is 3. The summed E-state index contributed by atoms with van der Waals surface area (Å²) >= 11 is 5.78. The molecule has 1 heterocycles. The third kappa shape index (κ3) is 2.94. The summed E-state index contributed by atoms with van der Waals surface area (Å²) in [7, 11) is 1.46. The second kappa shape index (κ2) is 4.84. The Labute approximate surface area is 103 Å². The molecule has 1 aromatic heterocycles. The van der Waals surface area contributed by atoms with Gasteiger partial charge in [0.2, 0.25) is 11.9 Å². The lowest BCUT2D eigenvalue weighted by Crippen LogP contribution is -2.05. The molecule has 0 aliphatic rings. The summed E-state index contributed by atoms with van der Waals surface area (Å²) in [6, 6.07) is 7.27. The Hall–Kier alpha value is -2.08. The van der Waals surface area contributed by atoms with Crippen molar-refractivity contribution < 1.29 is 4.74 Å². The van der Waals surface area contributed by atoms with Crippen molar-refractivity contribution in [3.05, 3.63) is 29.3 Å². The first kappa shape index (κ1) is 11.4. The van der Waals surface area contributed by atoms with Crippen LogP contribution in [0.25, 0.3) is 0 Å². The Morgan fingerprint density at radius 3 is 2.53 bits per heavy atom. The molecule has 1 aromatic carbocycles. The fourth-order valence-electron chi connectivity index (χ4n) is 1.18. The number of nitrogens with one attached hydrogen (secondary N) is 1. The quantitative estimate of drug-likeness (QED) is 0.866. The van der Waals surface area contributed by atoms with Crippen LogP contribution < -0.4 is 15.8 Å². The molecule has 0 unspecified atom stereocenters. The van der Waals surface area contributed by atoms with Crippen LogP contribution in [0.2, 0.25) is 5.02 Å². The highest BCUT2D eigenvalue weighted by molar-refractivity contribution is 6.30. The molecule has 0 aliphatic carbocycles. The summed E-state index contributed by atoms with van der Waals surface area (Å²) in [5, 5.41) is 3.62. The molecular weight excluding hydrogens is 242 g/mol. The monoisotopic (exact) mass is 251 g/mol. The average molecular weight is 252 g/mol. The number of nitrogen functional groups attached to an aromatic ring is 1. The Balaban J connectivity index is 2.23. The van der Waals surface area contributed by atoms with E-state index in [0.29, 0.717) is 11.0 Å². The van der Waals surface area contributed by atoms with Crippen molar-refractivity contribution in [2.75, 3.05) is 18.2 Å². The molecule has 2 rings (SSSR count). The third-order valence-corrected chi connectivity index (χ3v) is 2.17. The lowest BCUT2D eigenvalue weighted by molar-refractivity contribution is 0.380. The van der Waals surface area contributed by atoms with Crippen molar-refractivity contribution in [1.29, 1.82) is 0 Å². The standard InChI is InChI=1S/C10H10ClN5O/c1-17-10-15-8(12)14-9(16-10)13-7-4-2-6(11)3-5-7/h2-5H,1H3,(H3,12,13,14,15,16). The summed E-state index contributed by atoms with van der Waals surface area (Å²) in [4.78, 5) is 11.7. The molecule has 0 amide bonds. The van der Waals surface area contributed by atoms with Crippen molar-refractivity contribution in [1.82, 2.24) is 15.0 Å². The van der Waals surface area contributed by atoms with Gasteiger partial charge in [0.05, 0.1) is 7.11 Å². The van der Waals surface area contributed by atoms with Crippen LogP contribution in [-0.4, -0.2) is 22.1 Å². The first-order valence-corrected chi connectivity index (χ1v) is 5.13. The van der Waals surface area contributed by atoms with E-state index >= 15 is 0 Å². The number of halogens is 1. The van der Waals surface area contributed by atoms with Crippen LogP contribution in [0, 0.1) is 0 Å². The van der Waals surface area contributed by atoms with Gasteiger partial charge in [0.1, 0.15) is 0 Å². The summed E-state index contributed by atoms with van der Waals surface area (Å²) in [5.41, 5.74) is 6.30. The predicted molar refractivity (Wildman–Crippen MR) is 65.5 cm³/mol. The molecule has 7 heteroatoms. The molecule has 17 heavy (non-hydrogen) atoms. The fraction of sp³-hybridized carbons (Fsp3) is 0.100. The van der Waals surface area contributed by atoms with Gasteiger partial charge in [-0.25, -0.2) is 0 Å². The van der Waals surface area contributed by atoms with Crippen molar-refractivity contribution in [3.8, 4) is 6.01 Å². The topological polar surface area (TPSA) is 86.0 Å². The zero-order valence-corrected chi connectivity index (χ0v) is 9.77. The largest absolute Gasteiger partial charge is 0.467 e. The van der Waals surface area contributed by atoms with Gasteiger partial charge >= 0.3 is 6.01 Å². The zero-order chi connectivity index (χ0) is 12.3. The minimum atomic E-state index is 0.0910. The van der Waals surface area contributed by atoms with E-state index in [4.69, 9.17) is 22.1 Å². The number of aromatic nitrogens is 3. The molecule has 88 valence electrons. The highest BCUT2D eigenvalue weighted by atomic mass is 35.5. The molecule has 0 saturated heterocycles. The number of hydrogen-bond donors (Lipinski definition) is 2. The maximum Gasteiger partial charge on any atom is 0.322 e. The lowest BCUT2D eigenvalue weighted by Gasteiger charge is -2.06. The van der Waals surface area contributed by atoms with Gasteiger partial charge in [-0.15, -0.1) is 0 Å². The van der Waals surface area contributed by atoms with E-state index in [0.717, 1.165) is 5.69 Å². The van der Waals surface area contributed by atoms with Crippen LogP contribution in [-0.2, 0) is 0 Å². The van der Waals surface area contributed by atoms with Gasteiger partial charge in [-0.1, -0.05) is 11.6 Å². The first-order valence-electron chi connectivity index (χ1n) is 4.75. The van der Waals surface area contributed by atoms with Gasteiger partial charge in [-0.05, 0) is 24.3 Å². The number of hydrogen-bond acceptors (Lipinski definition) is 6. The number of rotatable bonds is 3. The van der Waals surface area contributed by atoms with Gasteiger partial charge in [0, 0.05) is 10.7 Å². The van der Waals surface area contributed by atoms with Gasteiger partial charge in [-0.2, -0.15) is 15.0 Å². The predicted octanol–water partition coefficient (Wildman–Crippen LogP) is 1.86. The number of anilines is 3. The lowest BCUT2D eigenvalue weighted by atomic mass is 10.3. The molecule has 0 saturated carbocycles. The average Bonchev–Trinajstić information content (AvgIpc) is 2.31. The Morgan fingerprint density at radius 2 is 1.88 bits per heavy atom. The summed E-state index contributed by atoms with van der Waals surface area (Å²) < 4.78 is 4.89. The van der Waals surface area contributed by atoms with Crippen LogP contribution in [0.1, 0.15) is 0 Å². The number of methoxy groups -OCH3 is 1. The minimum Gasteiger partial charge on any atom is -0.467 e. The van der Waals surface area contributed by atoms with Crippen molar-refractivity contribution in [3.63, 3.8) is 0 Å². The van der Waals surface area contributed by atoms with Crippen LogP contribution in [0.3, 0.4) is 0 Å². The van der Waals surface area contributed by atoms with Gasteiger partial charge in [-0.3, -0.25) is 0 Å². The van der Waals surface area contributed by atoms with Gasteiger partial charge in [0.25, 0.3) is 0 Å². The zero-order valence-electron chi connectivity index (χ0n) is 9.01. The van der Waals surface area contributed by atoms with Gasteiger partial charge in [0.15, 0.2) is 0 Å². The molecule has 0 spiro atoms. The van der Waals surface area contributed by atoms with E-state index < -0.39 is 0 Å². The molecule has 0 radical (unpaired) electrons. The SMILES string of the molecule is COc1nc(N)nc(Nc2ccc(Cl)cc2)n1. The van der Waals surface area contributed by atoms with Crippen LogP contribution in [0.15, 0.2) is 24.3 Å². The maximum absolute atomic E-state index is 5.78. The third-order valence-electron chi connectivity index (χ3n) is 1.92. The molecule has 0 aliphatic heterocycles. The van der Waals surface area contributed by atoms with E-state index in [1.165, 1.54) is 7.11 Å². The molecule has 3 N–H and O–H groups in total. The molecular formula is C10H10ClN5O. The maximum atomic E-state index is 5.78. The van der Waals surface area contributed by atoms with Crippen LogP contribution in [0.4, 0.5) is 17.6 Å². The molecule has 0 fully saturated rings. The Bertz CT molecular complexity index is 517. The number of benzene rings is 1. The molecule has 6 nitrogen and oxygen atoms in total. The second-order valence-corrected chi connectivity index (χ2v) is 3.57. The molecule has 0 bridgehead atoms. The highest BCUT2D eigenvalue weighted by Crippen LogP contribution is 2.17. The van der Waals surface area contributed by atoms with Crippen LogP contribution in [0.5, 0.6) is 6.01 Å². The molecule has 0 atom stereocenters. The summed E-state index contributed by atoms with van der Waals surface area (Å²) in [5.74, 6) is 0.407. The van der Waals surface area contributed by atoms with Crippen molar-refractivity contribution in [2.45, 2.75) is 0 Å².